The molecule has 1 amide bonds. The van der Waals surface area contributed by atoms with Crippen molar-refractivity contribution in [2.75, 3.05) is 18.5 Å². The molecule has 0 fully saturated rings. The fourth-order valence-electron chi connectivity index (χ4n) is 2.49. The molecule has 0 saturated carbocycles. The van der Waals surface area contributed by atoms with Crippen LogP contribution < -0.4 is 15.8 Å². The lowest BCUT2D eigenvalue weighted by atomic mass is 9.92. The first kappa shape index (κ1) is 17.4. The van der Waals surface area contributed by atoms with Gasteiger partial charge in [0, 0.05) is 17.1 Å². The molecule has 25 heavy (non-hydrogen) atoms. The molecule has 1 aromatic carbocycles. The van der Waals surface area contributed by atoms with E-state index in [-0.39, 0.29) is 5.88 Å². The van der Waals surface area contributed by atoms with Crippen LogP contribution >= 0.6 is 15.9 Å². The highest BCUT2D eigenvalue weighted by atomic mass is 79.9. The van der Waals surface area contributed by atoms with E-state index >= 15 is 0 Å². The van der Waals surface area contributed by atoms with Crippen molar-refractivity contribution in [3.63, 3.8) is 0 Å². The van der Waals surface area contributed by atoms with Gasteiger partial charge in [0.25, 0.3) is 5.88 Å². The van der Waals surface area contributed by atoms with E-state index in [1.165, 1.54) is 6.26 Å². The third kappa shape index (κ3) is 4.18. The zero-order valence-electron chi connectivity index (χ0n) is 13.7. The predicted molar refractivity (Wildman–Crippen MR) is 94.8 cm³/mol. The highest BCUT2D eigenvalue weighted by Gasteiger charge is 2.30. The van der Waals surface area contributed by atoms with E-state index < -0.39 is 11.6 Å². The molecule has 3 rings (SSSR count). The number of aryl methyl sites for hydroxylation is 1. The van der Waals surface area contributed by atoms with E-state index in [0.717, 1.165) is 10.0 Å². The van der Waals surface area contributed by atoms with Gasteiger partial charge in [0.2, 0.25) is 0 Å². The van der Waals surface area contributed by atoms with Crippen molar-refractivity contribution >= 4 is 33.5 Å². The van der Waals surface area contributed by atoms with Gasteiger partial charge in [0.05, 0.1) is 6.61 Å². The zero-order valence-corrected chi connectivity index (χ0v) is 15.3. The second-order valence-electron chi connectivity index (χ2n) is 5.82. The molecule has 1 aliphatic rings. The summed E-state index contributed by atoms with van der Waals surface area (Å²) in [5.41, 5.74) is 6.55. The third-order valence-corrected chi connectivity index (χ3v) is 4.04. The van der Waals surface area contributed by atoms with Gasteiger partial charge in [-0.05, 0) is 30.7 Å². The van der Waals surface area contributed by atoms with Gasteiger partial charge < -0.3 is 19.6 Å². The normalized spacial score (nSPS) is 20.0. The Morgan fingerprint density at radius 1 is 1.44 bits per heavy atom. The third-order valence-electron chi connectivity index (χ3n) is 3.58. The van der Waals surface area contributed by atoms with E-state index in [1.54, 1.807) is 19.1 Å². The summed E-state index contributed by atoms with van der Waals surface area (Å²) in [6.07, 6.45) is 0.587. The summed E-state index contributed by atoms with van der Waals surface area (Å²) >= 11 is 3.44. The first-order chi connectivity index (χ1) is 11.8. The second-order valence-corrected chi connectivity index (χ2v) is 6.73. The van der Waals surface area contributed by atoms with E-state index in [4.69, 9.17) is 19.6 Å². The number of ether oxygens (including phenoxy) is 2. The smallest absolute Gasteiger partial charge is 0.418 e. The van der Waals surface area contributed by atoms with Gasteiger partial charge in [-0.1, -0.05) is 15.9 Å². The number of benzene rings is 1. The quantitative estimate of drug-likeness (QED) is 0.806. The van der Waals surface area contributed by atoms with E-state index in [9.17, 15) is 4.79 Å². The number of amidine groups is 1. The summed E-state index contributed by atoms with van der Waals surface area (Å²) in [6.45, 7) is 4.29. The number of nitrogens with two attached hydrogens (primary N) is 1. The molecule has 2 heterocycles. The van der Waals surface area contributed by atoms with Crippen molar-refractivity contribution in [3.05, 3.63) is 40.4 Å². The molecular weight excluding hydrogens is 392 g/mol. The SMILES string of the molecule is Cc1nc(OC(=O)Nc2cc(Br)cc([C@]3(C)COCC(N)=N3)c2)co1. The van der Waals surface area contributed by atoms with Crippen molar-refractivity contribution in [1.82, 2.24) is 4.98 Å². The monoisotopic (exact) mass is 408 g/mol. The summed E-state index contributed by atoms with van der Waals surface area (Å²) in [4.78, 5) is 20.4. The van der Waals surface area contributed by atoms with Gasteiger partial charge in [-0.2, -0.15) is 4.98 Å². The highest BCUT2D eigenvalue weighted by Crippen LogP contribution is 2.32. The number of carbonyl (C=O) groups excluding carboxylic acids is 1. The predicted octanol–water partition coefficient (Wildman–Crippen LogP) is 2.96. The van der Waals surface area contributed by atoms with Crippen LogP contribution in [0.1, 0.15) is 18.4 Å². The van der Waals surface area contributed by atoms with Crippen molar-refractivity contribution < 1.29 is 18.7 Å². The van der Waals surface area contributed by atoms with Crippen LogP contribution in [-0.4, -0.2) is 30.1 Å². The lowest BCUT2D eigenvalue weighted by Crippen LogP contribution is -2.37. The number of aromatic nitrogens is 1. The number of rotatable bonds is 3. The summed E-state index contributed by atoms with van der Waals surface area (Å²) in [5.74, 6) is 0.937. The van der Waals surface area contributed by atoms with Gasteiger partial charge >= 0.3 is 6.09 Å². The number of aliphatic imine (C=N–C) groups is 1. The largest absolute Gasteiger partial charge is 0.445 e. The van der Waals surface area contributed by atoms with Gasteiger partial charge in [-0.3, -0.25) is 10.3 Å². The van der Waals surface area contributed by atoms with Crippen LogP contribution in [0.3, 0.4) is 0 Å². The summed E-state index contributed by atoms with van der Waals surface area (Å²) < 4.78 is 16.3. The molecule has 132 valence electrons. The molecule has 1 aromatic heterocycles. The average Bonchev–Trinajstić information content (AvgIpc) is 2.91. The number of halogens is 1. The number of amides is 1. The molecule has 0 bridgehead atoms. The van der Waals surface area contributed by atoms with E-state index in [1.807, 2.05) is 13.0 Å². The highest BCUT2D eigenvalue weighted by molar-refractivity contribution is 9.10. The molecule has 0 spiro atoms. The minimum atomic E-state index is -0.676. The molecule has 8 nitrogen and oxygen atoms in total. The maximum atomic E-state index is 12.0. The van der Waals surface area contributed by atoms with Crippen molar-refractivity contribution in [2.45, 2.75) is 19.4 Å². The minimum Gasteiger partial charge on any atom is -0.445 e. The maximum absolute atomic E-state index is 12.0. The van der Waals surface area contributed by atoms with Crippen LogP contribution in [0.5, 0.6) is 5.88 Å². The molecule has 0 aliphatic carbocycles. The molecule has 9 heteroatoms. The van der Waals surface area contributed by atoms with E-state index in [2.05, 4.69) is 31.2 Å². The first-order valence-electron chi connectivity index (χ1n) is 7.48. The molecule has 0 saturated heterocycles. The van der Waals surface area contributed by atoms with Crippen molar-refractivity contribution in [3.8, 4) is 5.88 Å². The number of anilines is 1. The Kier molecular flexibility index (Phi) is 4.78. The fraction of sp³-hybridized carbons (Fsp3) is 0.312. The van der Waals surface area contributed by atoms with Crippen molar-refractivity contribution in [1.29, 1.82) is 0 Å². The van der Waals surface area contributed by atoms with E-state index in [0.29, 0.717) is 30.6 Å². The van der Waals surface area contributed by atoms with Crippen LogP contribution in [-0.2, 0) is 10.3 Å². The zero-order chi connectivity index (χ0) is 18.0. The van der Waals surface area contributed by atoms with Gasteiger partial charge in [-0.25, -0.2) is 4.79 Å². The average molecular weight is 409 g/mol. The summed E-state index contributed by atoms with van der Waals surface area (Å²) in [7, 11) is 0. The standard InChI is InChI=1S/C16H17BrN4O4/c1-9-19-14(7-24-9)25-15(22)20-12-4-10(3-11(17)5-12)16(2)8-23-6-13(18)21-16/h3-5,7H,6,8H2,1-2H3,(H2,18,21)(H,20,22)/t16-/m0/s1. The van der Waals surface area contributed by atoms with Gasteiger partial charge in [0.15, 0.2) is 12.2 Å². The van der Waals surface area contributed by atoms with Gasteiger partial charge in [-0.15, -0.1) is 0 Å². The Bertz CT molecular complexity index is 835. The van der Waals surface area contributed by atoms with Crippen LogP contribution in [0.25, 0.3) is 0 Å². The number of nitrogens with one attached hydrogen (secondary N) is 1. The Labute approximate surface area is 152 Å². The van der Waals surface area contributed by atoms with Crippen LogP contribution in [0.4, 0.5) is 10.5 Å². The topological polar surface area (TPSA) is 112 Å². The molecule has 2 aromatic rings. The molecule has 0 radical (unpaired) electrons. The van der Waals surface area contributed by atoms with Crippen LogP contribution in [0, 0.1) is 6.92 Å². The Balaban J connectivity index is 1.79. The van der Waals surface area contributed by atoms with Crippen LogP contribution in [0.2, 0.25) is 0 Å². The lowest BCUT2D eigenvalue weighted by Gasteiger charge is -2.30. The summed E-state index contributed by atoms with van der Waals surface area (Å²) in [5, 5.41) is 2.66. The Morgan fingerprint density at radius 3 is 2.92 bits per heavy atom. The number of carbonyl (C=O) groups is 1. The lowest BCUT2D eigenvalue weighted by molar-refractivity contribution is 0.106. The number of nitrogens with zero attached hydrogens (tertiary/aromatic N) is 2. The fourth-order valence-corrected chi connectivity index (χ4v) is 2.98. The second kappa shape index (κ2) is 6.85. The molecular formula is C16H17BrN4O4. The number of hydrogen-bond acceptors (Lipinski definition) is 7. The Morgan fingerprint density at radius 2 is 2.24 bits per heavy atom. The maximum Gasteiger partial charge on any atom is 0.418 e. The van der Waals surface area contributed by atoms with Crippen molar-refractivity contribution in [2.24, 2.45) is 10.7 Å². The number of hydrogen-bond donors (Lipinski definition) is 2. The minimum absolute atomic E-state index is 0.0928. The molecule has 1 atom stereocenters. The van der Waals surface area contributed by atoms with Crippen LogP contribution in [0.15, 0.2) is 38.3 Å². The molecule has 0 unspecified atom stereocenters. The Hall–Kier alpha value is -2.39. The first-order valence-corrected chi connectivity index (χ1v) is 8.27. The van der Waals surface area contributed by atoms with Gasteiger partial charge in [0.1, 0.15) is 18.0 Å². The molecule has 3 N–H and O–H groups in total. The summed E-state index contributed by atoms with van der Waals surface area (Å²) in [6, 6.07) is 5.45. The molecule has 1 aliphatic heterocycles. The number of oxazole rings is 1.